The molecule has 0 aliphatic rings. The van der Waals surface area contributed by atoms with Crippen LogP contribution in [-0.2, 0) is 0 Å². The Labute approximate surface area is 57.9 Å². The molecule has 0 amide bonds. The molecule has 10 heavy (non-hydrogen) atoms. The van der Waals surface area contributed by atoms with Crippen molar-refractivity contribution in [3.63, 3.8) is 0 Å². The number of rotatable bonds is 1. The maximum atomic E-state index is 12.3. The summed E-state index contributed by atoms with van der Waals surface area (Å²) in [4.78, 5) is 0. The Balaban J connectivity index is 0.000000810. The van der Waals surface area contributed by atoms with Crippen molar-refractivity contribution >= 4 is 5.69 Å². The van der Waals surface area contributed by atoms with E-state index in [1.165, 1.54) is 12.1 Å². The molecule has 0 atom stereocenters. The Morgan fingerprint density at radius 2 is 2.10 bits per heavy atom. The number of halogens is 1. The predicted molar refractivity (Wildman–Crippen MR) is 37.8 cm³/mol. The zero-order valence-electron chi connectivity index (χ0n) is 5.26. The molecule has 1 aromatic rings. The normalized spacial score (nSPS) is 8.20. The zero-order chi connectivity index (χ0) is 6.69. The minimum atomic E-state index is -0.287. The highest BCUT2D eigenvalue weighted by Gasteiger charge is 1.88. The van der Waals surface area contributed by atoms with Gasteiger partial charge in [-0.1, -0.05) is 6.07 Å². The fourth-order valence-electron chi connectivity index (χ4n) is 0.578. The molecule has 0 saturated carbocycles. The second-order valence-corrected chi connectivity index (χ2v) is 1.65. The minimum Gasteiger partial charge on any atom is -0.412 e. The van der Waals surface area contributed by atoms with Gasteiger partial charge in [0.2, 0.25) is 0 Å². The van der Waals surface area contributed by atoms with E-state index in [4.69, 9.17) is 5.84 Å². The molecule has 0 radical (unpaired) electrons. The van der Waals surface area contributed by atoms with Gasteiger partial charge in [0, 0.05) is 0 Å². The third-order valence-corrected chi connectivity index (χ3v) is 0.991. The molecule has 0 aromatic heterocycles. The topological polar surface area (TPSA) is 69.5 Å². The zero-order valence-corrected chi connectivity index (χ0v) is 5.26. The van der Waals surface area contributed by atoms with Gasteiger partial charge in [-0.25, -0.2) is 4.39 Å². The summed E-state index contributed by atoms with van der Waals surface area (Å²) in [5.74, 6) is 4.72. The molecule has 0 aliphatic carbocycles. The Kier molecular flexibility index (Phi) is 3.38. The van der Waals surface area contributed by atoms with Crippen molar-refractivity contribution in [3.05, 3.63) is 30.1 Å². The van der Waals surface area contributed by atoms with Gasteiger partial charge in [0.05, 0.1) is 5.69 Å². The van der Waals surface area contributed by atoms with Gasteiger partial charge in [0.15, 0.2) is 0 Å². The molecule has 1 aromatic carbocycles. The average molecular weight is 144 g/mol. The lowest BCUT2D eigenvalue weighted by molar-refractivity contribution is 0.628. The molecule has 4 heteroatoms. The van der Waals surface area contributed by atoms with Crippen LogP contribution in [0.25, 0.3) is 0 Å². The first-order valence-corrected chi connectivity index (χ1v) is 2.55. The fraction of sp³-hybridized carbons (Fsp3) is 0. The Hall–Kier alpha value is -1.13. The van der Waals surface area contributed by atoms with Gasteiger partial charge < -0.3 is 10.9 Å². The molecule has 1 rings (SSSR count). The van der Waals surface area contributed by atoms with Crippen molar-refractivity contribution in [3.8, 4) is 0 Å². The molecule has 0 saturated heterocycles. The van der Waals surface area contributed by atoms with Crippen molar-refractivity contribution in [2.24, 2.45) is 5.84 Å². The summed E-state index contributed by atoms with van der Waals surface area (Å²) in [6.07, 6.45) is 0. The average Bonchev–Trinajstić information content (AvgIpc) is 1.88. The van der Waals surface area contributed by atoms with Crippen molar-refractivity contribution in [2.45, 2.75) is 0 Å². The quantitative estimate of drug-likeness (QED) is 0.439. The van der Waals surface area contributed by atoms with Gasteiger partial charge in [-0.2, -0.15) is 0 Å². The SMILES string of the molecule is NNc1cccc(F)c1.O. The van der Waals surface area contributed by atoms with Crippen LogP contribution in [0.2, 0.25) is 0 Å². The van der Waals surface area contributed by atoms with Gasteiger partial charge in [-0.15, -0.1) is 0 Å². The van der Waals surface area contributed by atoms with Crippen molar-refractivity contribution < 1.29 is 9.87 Å². The van der Waals surface area contributed by atoms with E-state index in [1.54, 1.807) is 12.1 Å². The molecule has 3 nitrogen and oxygen atoms in total. The molecule has 0 spiro atoms. The number of hydrogen-bond donors (Lipinski definition) is 2. The van der Waals surface area contributed by atoms with Gasteiger partial charge in [0.25, 0.3) is 0 Å². The number of benzene rings is 1. The Morgan fingerprint density at radius 3 is 2.50 bits per heavy atom. The standard InChI is InChI=1S/C6H7FN2.H2O/c7-5-2-1-3-6(4-5)9-8;/h1-4,9H,8H2;1H2. The third-order valence-electron chi connectivity index (χ3n) is 0.991. The second-order valence-electron chi connectivity index (χ2n) is 1.65. The lowest BCUT2D eigenvalue weighted by Gasteiger charge is -1.96. The smallest absolute Gasteiger partial charge is 0.125 e. The van der Waals surface area contributed by atoms with Crippen LogP contribution in [0.1, 0.15) is 0 Å². The minimum absolute atomic E-state index is 0. The van der Waals surface area contributed by atoms with Crippen LogP contribution in [0.3, 0.4) is 0 Å². The van der Waals surface area contributed by atoms with Crippen LogP contribution >= 0.6 is 0 Å². The first kappa shape index (κ1) is 8.87. The van der Waals surface area contributed by atoms with Crippen LogP contribution in [0.15, 0.2) is 24.3 Å². The predicted octanol–water partition coefficient (Wildman–Crippen LogP) is 0.287. The van der Waals surface area contributed by atoms with Crippen molar-refractivity contribution in [1.82, 2.24) is 0 Å². The number of hydrogen-bond acceptors (Lipinski definition) is 2. The van der Waals surface area contributed by atoms with Gasteiger partial charge >= 0.3 is 0 Å². The first-order valence-electron chi connectivity index (χ1n) is 2.55. The molecule has 5 N–H and O–H groups in total. The van der Waals surface area contributed by atoms with Crippen LogP contribution in [0.4, 0.5) is 10.1 Å². The van der Waals surface area contributed by atoms with E-state index in [2.05, 4.69) is 5.43 Å². The van der Waals surface area contributed by atoms with Gasteiger partial charge in [-0.3, -0.25) is 5.84 Å². The molecule has 0 fully saturated rings. The summed E-state index contributed by atoms with van der Waals surface area (Å²) < 4.78 is 12.3. The number of hydrazine groups is 1. The van der Waals surface area contributed by atoms with Crippen LogP contribution in [0, 0.1) is 5.82 Å². The third kappa shape index (κ3) is 2.00. The van der Waals surface area contributed by atoms with E-state index in [0.717, 1.165) is 0 Å². The maximum absolute atomic E-state index is 12.3. The molecule has 0 unspecified atom stereocenters. The number of anilines is 1. The monoisotopic (exact) mass is 144 g/mol. The number of nitrogens with two attached hydrogens (primary N) is 1. The Bertz CT molecular complexity index is 205. The second kappa shape index (κ2) is 3.81. The maximum Gasteiger partial charge on any atom is 0.125 e. The first-order chi connectivity index (χ1) is 4.33. The molecule has 0 aliphatic heterocycles. The van der Waals surface area contributed by atoms with Crippen molar-refractivity contribution in [2.75, 3.05) is 5.43 Å². The van der Waals surface area contributed by atoms with Crippen molar-refractivity contribution in [1.29, 1.82) is 0 Å². The summed E-state index contributed by atoms with van der Waals surface area (Å²) in [6.45, 7) is 0. The van der Waals surface area contributed by atoms with E-state index in [-0.39, 0.29) is 11.3 Å². The van der Waals surface area contributed by atoms with Crippen LogP contribution < -0.4 is 11.3 Å². The summed E-state index contributed by atoms with van der Waals surface area (Å²) in [7, 11) is 0. The summed E-state index contributed by atoms with van der Waals surface area (Å²) in [6, 6.07) is 5.95. The summed E-state index contributed by atoms with van der Waals surface area (Å²) >= 11 is 0. The number of nitrogen functional groups attached to an aromatic ring is 1. The van der Waals surface area contributed by atoms with E-state index >= 15 is 0 Å². The molecule has 0 heterocycles. The highest BCUT2D eigenvalue weighted by Crippen LogP contribution is 2.05. The van der Waals surface area contributed by atoms with E-state index < -0.39 is 0 Å². The lowest BCUT2D eigenvalue weighted by Crippen LogP contribution is -2.06. The molecule has 0 bridgehead atoms. The Morgan fingerprint density at radius 1 is 1.40 bits per heavy atom. The number of nitrogens with one attached hydrogen (secondary N) is 1. The van der Waals surface area contributed by atoms with Gasteiger partial charge in [-0.05, 0) is 18.2 Å². The van der Waals surface area contributed by atoms with E-state index in [9.17, 15) is 4.39 Å². The molecular formula is C6H9FN2O. The fourth-order valence-corrected chi connectivity index (χ4v) is 0.578. The summed E-state index contributed by atoms with van der Waals surface area (Å²) in [5, 5.41) is 0. The molecular weight excluding hydrogens is 135 g/mol. The summed E-state index contributed by atoms with van der Waals surface area (Å²) in [5.41, 5.74) is 2.91. The highest BCUT2D eigenvalue weighted by atomic mass is 19.1. The lowest BCUT2D eigenvalue weighted by atomic mass is 10.3. The molecule has 56 valence electrons. The van der Waals surface area contributed by atoms with Crippen LogP contribution in [0.5, 0.6) is 0 Å². The van der Waals surface area contributed by atoms with Crippen LogP contribution in [-0.4, -0.2) is 5.48 Å². The highest BCUT2D eigenvalue weighted by molar-refractivity contribution is 5.41. The van der Waals surface area contributed by atoms with E-state index in [1.807, 2.05) is 0 Å². The largest absolute Gasteiger partial charge is 0.412 e. The van der Waals surface area contributed by atoms with E-state index in [0.29, 0.717) is 5.69 Å². The van der Waals surface area contributed by atoms with Gasteiger partial charge in [0.1, 0.15) is 5.82 Å².